The van der Waals surface area contributed by atoms with E-state index < -0.39 is 24.5 Å². The molecule has 4 N–H and O–H groups in total. The maximum Gasteiger partial charge on any atom is 0.167 e. The number of aliphatic hydroxyl groups is 2. The molecule has 2 fully saturated rings. The molecule has 32 heavy (non-hydrogen) atoms. The van der Waals surface area contributed by atoms with Crippen molar-refractivity contribution in [2.75, 3.05) is 18.5 Å². The van der Waals surface area contributed by atoms with Crippen LogP contribution in [-0.4, -0.2) is 76.4 Å². The Morgan fingerprint density at radius 3 is 2.62 bits per heavy atom. The van der Waals surface area contributed by atoms with E-state index in [1.54, 1.807) is 10.9 Å². The van der Waals surface area contributed by atoms with Crippen LogP contribution in [0.2, 0.25) is 0 Å². The third-order valence-corrected chi connectivity index (χ3v) is 5.88. The lowest BCUT2D eigenvalue weighted by atomic mass is 9.96. The van der Waals surface area contributed by atoms with E-state index in [2.05, 4.69) is 35.5 Å². The number of hydrogen-bond acceptors (Lipinski definition) is 10. The number of H-pyrrole nitrogens is 1. The fourth-order valence-corrected chi connectivity index (χ4v) is 4.03. The standard InChI is InChI=1S/C20H28N8O4/c1-20(2,3)19-25-16(26-27-19)14-12(29)13(30)18(32-14)28-9-23-11-15(21-8-22-17(11)28)24-10-4-6-31-7-5-10/h8-10,12-14,18,29-30H,4-7H2,1-3H3,(H,21,22,24)(H,25,26,27)/t12-,13+,14-,18+/m0/s1. The summed E-state index contributed by atoms with van der Waals surface area (Å²) in [6, 6.07) is 0.245. The summed E-state index contributed by atoms with van der Waals surface area (Å²) >= 11 is 0. The molecule has 172 valence electrons. The Bertz CT molecular complexity index is 1090. The smallest absolute Gasteiger partial charge is 0.167 e. The van der Waals surface area contributed by atoms with E-state index in [1.807, 2.05) is 20.8 Å². The van der Waals surface area contributed by atoms with Gasteiger partial charge in [-0.2, -0.15) is 5.10 Å². The first-order chi connectivity index (χ1) is 15.3. The number of hydrogen-bond donors (Lipinski definition) is 4. The van der Waals surface area contributed by atoms with Crippen molar-refractivity contribution < 1.29 is 19.7 Å². The molecule has 2 aliphatic rings. The minimum atomic E-state index is -1.21. The van der Waals surface area contributed by atoms with E-state index in [9.17, 15) is 10.2 Å². The zero-order valence-electron chi connectivity index (χ0n) is 18.3. The number of imidazole rings is 1. The monoisotopic (exact) mass is 444 g/mol. The third-order valence-electron chi connectivity index (χ3n) is 5.88. The molecule has 3 aromatic rings. The molecule has 0 aromatic carbocycles. The lowest BCUT2D eigenvalue weighted by molar-refractivity contribution is -0.0382. The van der Waals surface area contributed by atoms with Crippen LogP contribution < -0.4 is 5.32 Å². The van der Waals surface area contributed by atoms with Gasteiger partial charge in [-0.15, -0.1) is 0 Å². The van der Waals surface area contributed by atoms with Crippen molar-refractivity contribution >= 4 is 17.0 Å². The highest BCUT2D eigenvalue weighted by molar-refractivity contribution is 5.82. The topological polar surface area (TPSA) is 156 Å². The number of nitrogens with zero attached hydrogens (tertiary/aromatic N) is 6. The molecule has 0 saturated carbocycles. The van der Waals surface area contributed by atoms with Crippen molar-refractivity contribution in [1.82, 2.24) is 34.7 Å². The van der Waals surface area contributed by atoms with Crippen LogP contribution in [0.25, 0.3) is 11.2 Å². The van der Waals surface area contributed by atoms with Crippen molar-refractivity contribution in [3.63, 3.8) is 0 Å². The van der Waals surface area contributed by atoms with Gasteiger partial charge in [0.05, 0.1) is 6.33 Å². The number of fused-ring (bicyclic) bond motifs is 1. The summed E-state index contributed by atoms with van der Waals surface area (Å²) in [7, 11) is 0. The Labute approximate surface area is 184 Å². The zero-order chi connectivity index (χ0) is 22.5. The summed E-state index contributed by atoms with van der Waals surface area (Å²) in [5.41, 5.74) is 0.809. The second kappa shape index (κ2) is 8.03. The molecule has 2 saturated heterocycles. The fourth-order valence-electron chi connectivity index (χ4n) is 4.03. The zero-order valence-corrected chi connectivity index (χ0v) is 18.3. The predicted octanol–water partition coefficient (Wildman–Crippen LogP) is 0.825. The van der Waals surface area contributed by atoms with Crippen LogP contribution in [0.15, 0.2) is 12.7 Å². The molecule has 0 aliphatic carbocycles. The lowest BCUT2D eigenvalue weighted by Crippen LogP contribution is -2.29. The molecule has 12 nitrogen and oxygen atoms in total. The summed E-state index contributed by atoms with van der Waals surface area (Å²) in [5.74, 6) is 1.59. The summed E-state index contributed by atoms with van der Waals surface area (Å²) in [5, 5.41) is 31.9. The quantitative estimate of drug-likeness (QED) is 0.454. The third kappa shape index (κ3) is 3.72. The van der Waals surface area contributed by atoms with Crippen LogP contribution >= 0.6 is 0 Å². The van der Waals surface area contributed by atoms with Gasteiger partial charge in [0.1, 0.15) is 24.6 Å². The first-order valence-electron chi connectivity index (χ1n) is 10.8. The van der Waals surface area contributed by atoms with E-state index in [0.29, 0.717) is 41.8 Å². The van der Waals surface area contributed by atoms with Crippen LogP contribution in [-0.2, 0) is 14.9 Å². The Hall–Kier alpha value is -2.67. The van der Waals surface area contributed by atoms with Crippen LogP contribution in [0.3, 0.4) is 0 Å². The maximum atomic E-state index is 10.8. The van der Waals surface area contributed by atoms with E-state index in [0.717, 1.165) is 12.8 Å². The average molecular weight is 444 g/mol. The number of nitrogens with one attached hydrogen (secondary N) is 2. The normalized spacial score (nSPS) is 27.3. The summed E-state index contributed by atoms with van der Waals surface area (Å²) < 4.78 is 13.1. The van der Waals surface area contributed by atoms with Gasteiger partial charge >= 0.3 is 0 Å². The highest BCUT2D eigenvalue weighted by Gasteiger charge is 2.47. The highest BCUT2D eigenvalue weighted by Crippen LogP contribution is 2.39. The molecular formula is C20H28N8O4. The average Bonchev–Trinajstić information content (AvgIpc) is 3.48. The first kappa shape index (κ1) is 21.2. The Morgan fingerprint density at radius 1 is 1.12 bits per heavy atom. The van der Waals surface area contributed by atoms with Gasteiger partial charge in [-0.05, 0) is 12.8 Å². The largest absolute Gasteiger partial charge is 0.387 e. The Balaban J connectivity index is 1.41. The Morgan fingerprint density at radius 2 is 1.91 bits per heavy atom. The summed E-state index contributed by atoms with van der Waals surface area (Å²) in [6.45, 7) is 7.40. The van der Waals surface area contributed by atoms with Crippen molar-refractivity contribution in [2.24, 2.45) is 0 Å². The molecule has 2 aliphatic heterocycles. The summed E-state index contributed by atoms with van der Waals surface area (Å²) in [6.07, 6.45) is 0.604. The number of aromatic amines is 1. The van der Waals surface area contributed by atoms with Crippen molar-refractivity contribution in [2.45, 2.75) is 69.6 Å². The number of ether oxygens (including phenoxy) is 2. The molecule has 12 heteroatoms. The molecule has 0 bridgehead atoms. The second-order valence-corrected chi connectivity index (χ2v) is 9.30. The molecule has 0 radical (unpaired) electrons. The van der Waals surface area contributed by atoms with Crippen LogP contribution in [0.4, 0.5) is 5.82 Å². The van der Waals surface area contributed by atoms with Gasteiger partial charge in [-0.25, -0.2) is 19.9 Å². The van der Waals surface area contributed by atoms with Gasteiger partial charge < -0.3 is 25.0 Å². The molecule has 0 unspecified atom stereocenters. The van der Waals surface area contributed by atoms with E-state index in [1.165, 1.54) is 6.33 Å². The van der Waals surface area contributed by atoms with Gasteiger partial charge in [0.25, 0.3) is 0 Å². The van der Waals surface area contributed by atoms with Gasteiger partial charge in [0, 0.05) is 24.7 Å². The molecular weight excluding hydrogens is 416 g/mol. The Kier molecular flexibility index (Phi) is 5.32. The minimum absolute atomic E-state index is 0.245. The van der Waals surface area contributed by atoms with E-state index in [-0.39, 0.29) is 11.5 Å². The maximum absolute atomic E-state index is 10.8. The van der Waals surface area contributed by atoms with Gasteiger partial charge in [-0.1, -0.05) is 20.8 Å². The number of anilines is 1. The molecule has 0 spiro atoms. The van der Waals surface area contributed by atoms with Crippen LogP contribution in [0.1, 0.15) is 57.6 Å². The van der Waals surface area contributed by atoms with Crippen LogP contribution in [0.5, 0.6) is 0 Å². The van der Waals surface area contributed by atoms with Crippen molar-refractivity contribution in [3.05, 3.63) is 24.3 Å². The van der Waals surface area contributed by atoms with Crippen molar-refractivity contribution in [3.8, 4) is 0 Å². The van der Waals surface area contributed by atoms with Gasteiger partial charge in [0.15, 0.2) is 34.9 Å². The number of rotatable bonds is 4. The first-order valence-corrected chi connectivity index (χ1v) is 10.8. The van der Waals surface area contributed by atoms with E-state index >= 15 is 0 Å². The van der Waals surface area contributed by atoms with Gasteiger partial charge in [-0.3, -0.25) is 9.67 Å². The van der Waals surface area contributed by atoms with E-state index in [4.69, 9.17) is 9.47 Å². The fraction of sp³-hybridized carbons (Fsp3) is 0.650. The SMILES string of the molecule is CC(C)(C)c1n[nH]c([C@H]2O[C@@H](n3cnc4c(NC5CCOCC5)ncnc43)[C@H](O)[C@@H]2O)n1. The predicted molar refractivity (Wildman–Crippen MR) is 113 cm³/mol. The molecule has 5 rings (SSSR count). The van der Waals surface area contributed by atoms with Crippen molar-refractivity contribution in [1.29, 1.82) is 0 Å². The summed E-state index contributed by atoms with van der Waals surface area (Å²) in [4.78, 5) is 17.6. The lowest BCUT2D eigenvalue weighted by Gasteiger charge is -2.23. The second-order valence-electron chi connectivity index (χ2n) is 9.30. The number of aliphatic hydroxyl groups excluding tert-OH is 2. The molecule has 3 aromatic heterocycles. The molecule has 5 heterocycles. The van der Waals surface area contributed by atoms with Gasteiger partial charge in [0.2, 0.25) is 0 Å². The number of aromatic nitrogens is 7. The molecule has 0 amide bonds. The molecule has 4 atom stereocenters. The van der Waals surface area contributed by atoms with Crippen LogP contribution in [0, 0.1) is 0 Å². The highest BCUT2D eigenvalue weighted by atomic mass is 16.6. The minimum Gasteiger partial charge on any atom is -0.387 e.